The SMILES string of the molecule is COC1C=CC2C3Cc4ccc(O)c5c4C2(CCN3CC2CC2)[C@H]1O5.Cc1cc(C)cc(CO)c1. The van der Waals surface area contributed by atoms with Crippen LogP contribution in [0.3, 0.4) is 0 Å². The third-order valence-electron chi connectivity index (χ3n) is 8.89. The van der Waals surface area contributed by atoms with Crippen LogP contribution < -0.4 is 4.74 Å². The molecule has 2 heterocycles. The Morgan fingerprint density at radius 2 is 1.89 bits per heavy atom. The van der Waals surface area contributed by atoms with Gasteiger partial charge in [-0.3, -0.25) is 4.90 Å². The summed E-state index contributed by atoms with van der Waals surface area (Å²) in [6.45, 7) is 6.60. The Bertz CT molecular complexity index is 1140. The van der Waals surface area contributed by atoms with Gasteiger partial charge in [-0.2, -0.15) is 0 Å². The maximum absolute atomic E-state index is 10.4. The highest BCUT2D eigenvalue weighted by Gasteiger charge is 2.64. The molecule has 2 aliphatic heterocycles. The Morgan fingerprint density at radius 1 is 1.11 bits per heavy atom. The zero-order valence-electron chi connectivity index (χ0n) is 21.0. The van der Waals surface area contributed by atoms with Crippen LogP contribution in [-0.4, -0.2) is 53.6 Å². The highest BCUT2D eigenvalue weighted by Crippen LogP contribution is 2.62. The van der Waals surface area contributed by atoms with Crippen molar-refractivity contribution in [2.75, 3.05) is 20.2 Å². The minimum atomic E-state index is -0.0374. The Balaban J connectivity index is 0.000000194. The average Bonchev–Trinajstić information content (AvgIpc) is 3.59. The van der Waals surface area contributed by atoms with Crippen LogP contribution in [0, 0.1) is 25.7 Å². The summed E-state index contributed by atoms with van der Waals surface area (Å²) in [6, 6.07) is 10.6. The van der Waals surface area contributed by atoms with Gasteiger partial charge in [0.15, 0.2) is 11.5 Å². The second-order valence-corrected chi connectivity index (χ2v) is 11.3. The fourth-order valence-corrected chi connectivity index (χ4v) is 7.33. The first-order valence-electron chi connectivity index (χ1n) is 13.1. The molecule has 1 saturated carbocycles. The number of phenols is 1. The van der Waals surface area contributed by atoms with Crippen LogP contribution in [0.15, 0.2) is 42.5 Å². The number of rotatable bonds is 4. The number of piperidine rings is 1. The molecule has 0 radical (unpaired) electrons. The van der Waals surface area contributed by atoms with Gasteiger partial charge >= 0.3 is 0 Å². The van der Waals surface area contributed by atoms with Crippen molar-refractivity contribution >= 4 is 0 Å². The summed E-state index contributed by atoms with van der Waals surface area (Å²) in [5, 5.41) is 19.2. The summed E-state index contributed by atoms with van der Waals surface area (Å²) in [7, 11) is 1.77. The lowest BCUT2D eigenvalue weighted by molar-refractivity contribution is -0.0640. The lowest BCUT2D eigenvalue weighted by Crippen LogP contribution is -2.65. The van der Waals surface area contributed by atoms with Crippen LogP contribution in [0.25, 0.3) is 0 Å². The van der Waals surface area contributed by atoms with E-state index in [-0.39, 0.29) is 30.0 Å². The molecule has 4 unspecified atom stereocenters. The van der Waals surface area contributed by atoms with Crippen molar-refractivity contribution in [1.82, 2.24) is 4.90 Å². The van der Waals surface area contributed by atoms with Gasteiger partial charge in [0.25, 0.3) is 0 Å². The Labute approximate surface area is 208 Å². The summed E-state index contributed by atoms with van der Waals surface area (Å²) in [4.78, 5) is 2.75. The van der Waals surface area contributed by atoms with Crippen molar-refractivity contribution in [2.45, 2.75) is 69.8 Å². The van der Waals surface area contributed by atoms with Gasteiger partial charge in [-0.15, -0.1) is 0 Å². The van der Waals surface area contributed by atoms with E-state index >= 15 is 0 Å². The monoisotopic (exact) mass is 475 g/mol. The zero-order chi connectivity index (χ0) is 24.3. The summed E-state index contributed by atoms with van der Waals surface area (Å²) >= 11 is 0. The molecule has 3 aliphatic carbocycles. The van der Waals surface area contributed by atoms with E-state index in [0.717, 1.165) is 36.6 Å². The maximum atomic E-state index is 10.4. The lowest BCUT2D eigenvalue weighted by Gasteiger charge is -2.57. The van der Waals surface area contributed by atoms with E-state index in [1.807, 2.05) is 32.0 Å². The number of methoxy groups -OCH3 is 1. The number of phenolic OH excluding ortho intramolecular Hbond substituents is 1. The molecule has 35 heavy (non-hydrogen) atoms. The third-order valence-corrected chi connectivity index (χ3v) is 8.89. The minimum absolute atomic E-state index is 0.0135. The molecule has 1 saturated heterocycles. The molecule has 2 N–H and O–H groups in total. The number of aryl methyl sites for hydroxylation is 2. The van der Waals surface area contributed by atoms with Crippen LogP contribution in [-0.2, 0) is 23.2 Å². The van der Waals surface area contributed by atoms with Gasteiger partial charge in [0.1, 0.15) is 12.2 Å². The van der Waals surface area contributed by atoms with Crippen molar-refractivity contribution < 1.29 is 19.7 Å². The summed E-state index contributed by atoms with van der Waals surface area (Å²) in [5.41, 5.74) is 6.06. The molecule has 1 spiro atoms. The number of hydrogen-bond acceptors (Lipinski definition) is 5. The van der Waals surface area contributed by atoms with E-state index in [0.29, 0.717) is 12.0 Å². The summed E-state index contributed by atoms with van der Waals surface area (Å²) in [5.74, 6) is 2.40. The molecule has 2 bridgehead atoms. The fourth-order valence-electron chi connectivity index (χ4n) is 7.33. The van der Waals surface area contributed by atoms with E-state index in [4.69, 9.17) is 14.6 Å². The predicted molar refractivity (Wildman–Crippen MR) is 136 cm³/mol. The zero-order valence-corrected chi connectivity index (χ0v) is 21.0. The first kappa shape index (κ1) is 23.1. The fraction of sp³-hybridized carbons (Fsp3) is 0.533. The van der Waals surface area contributed by atoms with Gasteiger partial charge in [-0.1, -0.05) is 47.5 Å². The maximum Gasteiger partial charge on any atom is 0.165 e. The topological polar surface area (TPSA) is 62.2 Å². The number of aliphatic hydroxyl groups excluding tert-OH is 1. The first-order chi connectivity index (χ1) is 16.9. The van der Waals surface area contributed by atoms with Crippen LogP contribution in [0.5, 0.6) is 11.5 Å². The van der Waals surface area contributed by atoms with Gasteiger partial charge < -0.3 is 19.7 Å². The van der Waals surface area contributed by atoms with E-state index in [1.165, 1.54) is 41.6 Å². The van der Waals surface area contributed by atoms with E-state index in [2.05, 4.69) is 29.2 Å². The van der Waals surface area contributed by atoms with Crippen LogP contribution >= 0.6 is 0 Å². The Kier molecular flexibility index (Phi) is 5.70. The number of likely N-dealkylation sites (tertiary alicyclic amines) is 1. The van der Waals surface area contributed by atoms with Crippen molar-refractivity contribution in [2.24, 2.45) is 11.8 Å². The molecule has 2 aromatic rings. The molecule has 5 aliphatic rings. The molecular weight excluding hydrogens is 438 g/mol. The quantitative estimate of drug-likeness (QED) is 0.641. The molecule has 7 rings (SSSR count). The van der Waals surface area contributed by atoms with Crippen molar-refractivity contribution in [3.63, 3.8) is 0 Å². The van der Waals surface area contributed by atoms with E-state index < -0.39 is 0 Å². The second-order valence-electron chi connectivity index (χ2n) is 11.3. The number of aromatic hydroxyl groups is 1. The third kappa shape index (κ3) is 3.71. The molecule has 5 atom stereocenters. The molecule has 2 aromatic carbocycles. The number of benzene rings is 2. The van der Waals surface area contributed by atoms with Crippen LogP contribution in [0.2, 0.25) is 0 Å². The lowest BCUT2D eigenvalue weighted by atomic mass is 9.53. The molecule has 0 amide bonds. The Hall–Kier alpha value is -2.34. The van der Waals surface area contributed by atoms with Crippen LogP contribution in [0.4, 0.5) is 0 Å². The summed E-state index contributed by atoms with van der Waals surface area (Å²) in [6.07, 6.45) is 9.53. The largest absolute Gasteiger partial charge is 0.504 e. The molecule has 5 nitrogen and oxygen atoms in total. The minimum Gasteiger partial charge on any atom is -0.504 e. The van der Waals surface area contributed by atoms with Gasteiger partial charge in [0.05, 0.1) is 6.61 Å². The van der Waals surface area contributed by atoms with Gasteiger partial charge in [0.2, 0.25) is 0 Å². The number of hydrogen-bond donors (Lipinski definition) is 2. The van der Waals surface area contributed by atoms with E-state index in [9.17, 15) is 5.11 Å². The normalized spacial score (nSPS) is 31.9. The van der Waals surface area contributed by atoms with Gasteiger partial charge in [-0.25, -0.2) is 0 Å². The average molecular weight is 476 g/mol. The standard InChI is InChI=1S/C21H25NO3.C9H12O/c1-24-17-7-5-14-15-10-13-4-6-16(23)19-18(13)21(14,20(17)25-19)8-9-22(15)11-12-2-3-12;1-7-3-8(2)5-9(4-7)6-10/h4-7,12,14-15,17,20,23H,2-3,8-11H2,1H3;3-5,10H,6H2,1-2H3/t14?,15?,17?,20-,21?;/m0./s1. The highest BCUT2D eigenvalue weighted by molar-refractivity contribution is 5.61. The summed E-state index contributed by atoms with van der Waals surface area (Å²) < 4.78 is 12.2. The molecule has 2 fully saturated rings. The van der Waals surface area contributed by atoms with Crippen molar-refractivity contribution in [3.05, 3.63) is 70.3 Å². The first-order valence-corrected chi connectivity index (χ1v) is 13.1. The number of nitrogens with zero attached hydrogens (tertiary/aromatic N) is 1. The van der Waals surface area contributed by atoms with E-state index in [1.54, 1.807) is 7.11 Å². The Morgan fingerprint density at radius 3 is 2.57 bits per heavy atom. The molecule has 186 valence electrons. The highest BCUT2D eigenvalue weighted by atomic mass is 16.5. The van der Waals surface area contributed by atoms with Crippen LogP contribution in [0.1, 0.15) is 47.1 Å². The van der Waals surface area contributed by atoms with Gasteiger partial charge in [-0.05, 0) is 69.2 Å². The smallest absolute Gasteiger partial charge is 0.165 e. The predicted octanol–water partition coefficient (Wildman–Crippen LogP) is 4.43. The van der Waals surface area contributed by atoms with Crippen molar-refractivity contribution in [1.29, 1.82) is 0 Å². The number of ether oxygens (including phenoxy) is 2. The molecule has 0 aromatic heterocycles. The molecule has 5 heteroatoms. The molecular formula is C30H37NO4. The van der Waals surface area contributed by atoms with Crippen molar-refractivity contribution in [3.8, 4) is 11.5 Å². The number of aliphatic hydroxyl groups is 1. The second kappa shape index (κ2) is 8.65. The van der Waals surface area contributed by atoms with Gasteiger partial charge in [0, 0.05) is 36.6 Å².